The first-order valence-electron chi connectivity index (χ1n) is 6.20. The number of halogens is 1. The molecule has 0 bridgehead atoms. The van der Waals surface area contributed by atoms with Crippen LogP contribution in [0.15, 0.2) is 28.7 Å². The van der Waals surface area contributed by atoms with Gasteiger partial charge in [-0.25, -0.2) is 0 Å². The summed E-state index contributed by atoms with van der Waals surface area (Å²) in [5.41, 5.74) is -0.571. The fourth-order valence-electron chi connectivity index (χ4n) is 1.58. The number of nitrogens with one attached hydrogen (secondary N) is 1. The molecule has 6 heteroatoms. The fraction of sp³-hybridized carbons (Fsp3) is 0.429. The maximum absolute atomic E-state index is 11.8. The number of hydrogen-bond acceptors (Lipinski definition) is 3. The van der Waals surface area contributed by atoms with Gasteiger partial charge in [0.15, 0.2) is 6.61 Å². The predicted octanol–water partition coefficient (Wildman–Crippen LogP) is 2.59. The van der Waals surface area contributed by atoms with Crippen molar-refractivity contribution in [1.29, 1.82) is 0 Å². The molecule has 0 aromatic heterocycles. The molecule has 0 radical (unpaired) electrons. The molecule has 0 unspecified atom stereocenters. The molecule has 5 nitrogen and oxygen atoms in total. The topological polar surface area (TPSA) is 75.6 Å². The number of aliphatic carboxylic acids is 1. The average Bonchev–Trinajstić information content (AvgIpc) is 2.35. The molecule has 1 rings (SSSR count). The Bertz CT molecular complexity index is 471. The van der Waals surface area contributed by atoms with Gasteiger partial charge in [-0.15, -0.1) is 0 Å². The minimum atomic E-state index is -0.876. The third kappa shape index (κ3) is 6.56. The Labute approximate surface area is 126 Å². The molecule has 0 fully saturated rings. The highest BCUT2D eigenvalue weighted by Crippen LogP contribution is 2.16. The van der Waals surface area contributed by atoms with Gasteiger partial charge in [-0.05, 0) is 44.5 Å². The van der Waals surface area contributed by atoms with Crippen LogP contribution < -0.4 is 10.1 Å². The maximum atomic E-state index is 11.8. The van der Waals surface area contributed by atoms with Crippen LogP contribution in [-0.2, 0) is 9.59 Å². The van der Waals surface area contributed by atoms with E-state index in [1.54, 1.807) is 26.0 Å². The van der Waals surface area contributed by atoms with Crippen molar-refractivity contribution in [2.75, 3.05) is 6.61 Å². The van der Waals surface area contributed by atoms with Crippen LogP contribution in [0.1, 0.15) is 26.7 Å². The summed E-state index contributed by atoms with van der Waals surface area (Å²) in [6.45, 7) is 3.47. The van der Waals surface area contributed by atoms with E-state index in [9.17, 15) is 9.59 Å². The molecule has 110 valence electrons. The molecule has 0 aliphatic rings. The monoisotopic (exact) mass is 343 g/mol. The summed E-state index contributed by atoms with van der Waals surface area (Å²) < 4.78 is 6.28. The van der Waals surface area contributed by atoms with E-state index in [1.165, 1.54) is 0 Å². The van der Waals surface area contributed by atoms with Gasteiger partial charge in [0.05, 0.1) is 0 Å². The van der Waals surface area contributed by atoms with Gasteiger partial charge in [0.2, 0.25) is 0 Å². The fourth-order valence-corrected chi connectivity index (χ4v) is 1.84. The third-order valence-corrected chi connectivity index (χ3v) is 3.15. The third-order valence-electron chi connectivity index (χ3n) is 2.63. The summed E-state index contributed by atoms with van der Waals surface area (Å²) in [7, 11) is 0. The quantitative estimate of drug-likeness (QED) is 0.797. The first-order chi connectivity index (χ1) is 9.28. The molecule has 1 amide bonds. The zero-order chi connectivity index (χ0) is 15.2. The van der Waals surface area contributed by atoms with Crippen LogP contribution in [0.3, 0.4) is 0 Å². The Morgan fingerprint density at radius 1 is 1.30 bits per heavy atom. The Kier molecular flexibility index (Phi) is 6.01. The van der Waals surface area contributed by atoms with Crippen molar-refractivity contribution in [3.63, 3.8) is 0 Å². The lowest BCUT2D eigenvalue weighted by Gasteiger charge is -2.25. The van der Waals surface area contributed by atoms with Crippen LogP contribution in [-0.4, -0.2) is 29.1 Å². The van der Waals surface area contributed by atoms with Crippen molar-refractivity contribution >= 4 is 27.8 Å². The Balaban J connectivity index is 2.39. The highest BCUT2D eigenvalue weighted by Gasteiger charge is 2.21. The van der Waals surface area contributed by atoms with Gasteiger partial charge >= 0.3 is 5.97 Å². The van der Waals surface area contributed by atoms with E-state index in [-0.39, 0.29) is 18.9 Å². The van der Waals surface area contributed by atoms with Gasteiger partial charge in [0.25, 0.3) is 5.91 Å². The molecular formula is C14H18BrNO4. The molecule has 20 heavy (non-hydrogen) atoms. The SMILES string of the molecule is CC(C)(CCC(=O)O)NC(=O)COc1ccc(Br)cc1. The van der Waals surface area contributed by atoms with Crippen molar-refractivity contribution in [1.82, 2.24) is 5.32 Å². The summed E-state index contributed by atoms with van der Waals surface area (Å²) in [6.07, 6.45) is 0.382. The molecular weight excluding hydrogens is 326 g/mol. The number of hydrogen-bond donors (Lipinski definition) is 2. The zero-order valence-electron chi connectivity index (χ0n) is 11.5. The number of carbonyl (C=O) groups is 2. The normalized spacial score (nSPS) is 10.9. The molecule has 0 spiro atoms. The number of rotatable bonds is 7. The van der Waals surface area contributed by atoms with Crippen molar-refractivity contribution in [2.45, 2.75) is 32.2 Å². The second-order valence-electron chi connectivity index (χ2n) is 5.07. The van der Waals surface area contributed by atoms with Gasteiger partial charge in [0, 0.05) is 16.4 Å². The van der Waals surface area contributed by atoms with Gasteiger partial charge in [-0.3, -0.25) is 9.59 Å². The number of carboxylic acids is 1. The zero-order valence-corrected chi connectivity index (χ0v) is 13.1. The average molecular weight is 344 g/mol. The molecule has 0 saturated carbocycles. The van der Waals surface area contributed by atoms with E-state index >= 15 is 0 Å². The largest absolute Gasteiger partial charge is 0.484 e. The van der Waals surface area contributed by atoms with Gasteiger partial charge in [-0.2, -0.15) is 0 Å². The standard InChI is InChI=1S/C14H18BrNO4/c1-14(2,8-7-13(18)19)16-12(17)9-20-11-5-3-10(15)4-6-11/h3-6H,7-9H2,1-2H3,(H,16,17)(H,18,19). The van der Waals surface area contributed by atoms with Gasteiger partial charge < -0.3 is 15.2 Å². The Morgan fingerprint density at radius 3 is 2.45 bits per heavy atom. The van der Waals surface area contributed by atoms with Crippen LogP contribution in [0.5, 0.6) is 5.75 Å². The van der Waals surface area contributed by atoms with E-state index in [0.717, 1.165) is 4.47 Å². The number of benzene rings is 1. The van der Waals surface area contributed by atoms with Gasteiger partial charge in [-0.1, -0.05) is 15.9 Å². The van der Waals surface area contributed by atoms with E-state index in [2.05, 4.69) is 21.2 Å². The number of carbonyl (C=O) groups excluding carboxylic acids is 1. The lowest BCUT2D eigenvalue weighted by atomic mass is 9.98. The van der Waals surface area contributed by atoms with Crippen LogP contribution in [0, 0.1) is 0 Å². The molecule has 1 aromatic rings. The van der Waals surface area contributed by atoms with Crippen molar-refractivity contribution in [3.05, 3.63) is 28.7 Å². The number of ether oxygens (including phenoxy) is 1. The molecule has 0 aliphatic carbocycles. The summed E-state index contributed by atoms with van der Waals surface area (Å²) in [6, 6.07) is 7.16. The maximum Gasteiger partial charge on any atom is 0.303 e. The molecule has 0 aliphatic heterocycles. The smallest absolute Gasteiger partial charge is 0.303 e. The minimum Gasteiger partial charge on any atom is -0.484 e. The second kappa shape index (κ2) is 7.28. The van der Waals surface area contributed by atoms with Gasteiger partial charge in [0.1, 0.15) is 5.75 Å². The Morgan fingerprint density at radius 2 is 1.90 bits per heavy atom. The first-order valence-corrected chi connectivity index (χ1v) is 6.99. The highest BCUT2D eigenvalue weighted by atomic mass is 79.9. The summed E-state index contributed by atoms with van der Waals surface area (Å²) in [5.74, 6) is -0.548. The summed E-state index contributed by atoms with van der Waals surface area (Å²) in [4.78, 5) is 22.3. The predicted molar refractivity (Wildman–Crippen MR) is 78.7 cm³/mol. The molecule has 0 atom stereocenters. The lowest BCUT2D eigenvalue weighted by Crippen LogP contribution is -2.45. The molecule has 0 saturated heterocycles. The van der Waals surface area contributed by atoms with Crippen LogP contribution in [0.2, 0.25) is 0 Å². The minimum absolute atomic E-state index is 0.0147. The van der Waals surface area contributed by atoms with E-state index in [4.69, 9.17) is 9.84 Å². The lowest BCUT2D eigenvalue weighted by molar-refractivity contribution is -0.138. The Hall–Kier alpha value is -1.56. The first kappa shape index (κ1) is 16.5. The molecule has 2 N–H and O–H groups in total. The summed E-state index contributed by atoms with van der Waals surface area (Å²) in [5, 5.41) is 11.4. The van der Waals surface area contributed by atoms with Crippen LogP contribution in [0.25, 0.3) is 0 Å². The van der Waals surface area contributed by atoms with Crippen molar-refractivity contribution < 1.29 is 19.4 Å². The molecule has 0 heterocycles. The summed E-state index contributed by atoms with van der Waals surface area (Å²) >= 11 is 3.31. The van der Waals surface area contributed by atoms with Crippen LogP contribution in [0.4, 0.5) is 0 Å². The van der Waals surface area contributed by atoms with E-state index in [0.29, 0.717) is 12.2 Å². The highest BCUT2D eigenvalue weighted by molar-refractivity contribution is 9.10. The number of amides is 1. The van der Waals surface area contributed by atoms with E-state index < -0.39 is 11.5 Å². The van der Waals surface area contributed by atoms with E-state index in [1.807, 2.05) is 12.1 Å². The second-order valence-corrected chi connectivity index (χ2v) is 5.98. The van der Waals surface area contributed by atoms with Crippen LogP contribution >= 0.6 is 15.9 Å². The van der Waals surface area contributed by atoms with Crippen molar-refractivity contribution in [2.24, 2.45) is 0 Å². The van der Waals surface area contributed by atoms with Crippen molar-refractivity contribution in [3.8, 4) is 5.75 Å². The molecule has 1 aromatic carbocycles. The number of carboxylic acid groups (broad SMARTS) is 1.